The molecule has 0 aliphatic heterocycles. The minimum Gasteiger partial charge on any atom is -0.494 e. The van der Waals surface area contributed by atoms with E-state index in [9.17, 15) is 4.79 Å². The fourth-order valence-corrected chi connectivity index (χ4v) is 1.91. The zero-order valence-corrected chi connectivity index (χ0v) is 11.9. The highest BCUT2D eigenvalue weighted by Crippen LogP contribution is 2.17. The Morgan fingerprint density at radius 1 is 1.26 bits per heavy atom. The Hall–Kier alpha value is -1.55. The molecule has 0 aromatic heterocycles. The van der Waals surface area contributed by atoms with Crippen LogP contribution in [0.1, 0.15) is 37.3 Å². The first-order chi connectivity index (χ1) is 8.81. The molecule has 0 amide bonds. The van der Waals surface area contributed by atoms with Gasteiger partial charge in [-0.1, -0.05) is 6.07 Å². The van der Waals surface area contributed by atoms with Crippen molar-refractivity contribution in [2.24, 2.45) is 5.73 Å². The molecule has 1 aromatic rings. The van der Waals surface area contributed by atoms with E-state index in [0.717, 1.165) is 18.6 Å². The summed E-state index contributed by atoms with van der Waals surface area (Å²) in [6.45, 7) is 6.19. The molecular weight excluding hydrogens is 242 g/mol. The lowest BCUT2D eigenvalue weighted by Crippen LogP contribution is -2.44. The van der Waals surface area contributed by atoms with Crippen molar-refractivity contribution in [1.29, 1.82) is 0 Å². The molecule has 106 valence electrons. The number of carboxylic acid groups (broad SMARTS) is 1. The van der Waals surface area contributed by atoms with Gasteiger partial charge >= 0.3 is 5.97 Å². The lowest BCUT2D eigenvalue weighted by molar-refractivity contribution is -0.142. The molecule has 19 heavy (non-hydrogen) atoms. The summed E-state index contributed by atoms with van der Waals surface area (Å²) >= 11 is 0. The van der Waals surface area contributed by atoms with Gasteiger partial charge in [0.1, 0.15) is 11.3 Å². The van der Waals surface area contributed by atoms with Crippen LogP contribution in [-0.4, -0.2) is 23.2 Å². The van der Waals surface area contributed by atoms with Gasteiger partial charge in [-0.15, -0.1) is 0 Å². The third-order valence-corrected chi connectivity index (χ3v) is 3.04. The minimum atomic E-state index is -1.14. The Labute approximate surface area is 114 Å². The Morgan fingerprint density at radius 2 is 1.84 bits per heavy atom. The molecule has 0 saturated heterocycles. The summed E-state index contributed by atoms with van der Waals surface area (Å²) in [5, 5.41) is 8.88. The van der Waals surface area contributed by atoms with Crippen LogP contribution in [0, 0.1) is 13.8 Å². The predicted octanol–water partition coefficient (Wildman–Crippen LogP) is 2.65. The average molecular weight is 265 g/mol. The van der Waals surface area contributed by atoms with Gasteiger partial charge in [-0.05, 0) is 63.3 Å². The van der Waals surface area contributed by atoms with Crippen LogP contribution in [0.4, 0.5) is 0 Å². The summed E-state index contributed by atoms with van der Waals surface area (Å²) in [6, 6.07) is 6.09. The number of aliphatic carboxylic acids is 1. The molecular formula is C15H23NO3. The molecule has 1 unspecified atom stereocenters. The predicted molar refractivity (Wildman–Crippen MR) is 75.5 cm³/mol. The first-order valence-electron chi connectivity index (χ1n) is 6.54. The number of unbranched alkanes of at least 4 members (excludes halogenated alkanes) is 1. The first kappa shape index (κ1) is 15.5. The van der Waals surface area contributed by atoms with E-state index >= 15 is 0 Å². The summed E-state index contributed by atoms with van der Waals surface area (Å²) in [4.78, 5) is 10.8. The molecule has 4 nitrogen and oxygen atoms in total. The number of nitrogens with two attached hydrogens (primary N) is 1. The summed E-state index contributed by atoms with van der Waals surface area (Å²) in [6.07, 6.45) is 2.00. The van der Waals surface area contributed by atoms with E-state index in [1.54, 1.807) is 6.92 Å². The minimum absolute atomic E-state index is 0.457. The highest BCUT2D eigenvalue weighted by atomic mass is 16.5. The van der Waals surface area contributed by atoms with Gasteiger partial charge in [0.05, 0.1) is 6.61 Å². The fourth-order valence-electron chi connectivity index (χ4n) is 1.91. The number of aryl methyl sites for hydroxylation is 2. The lowest BCUT2D eigenvalue weighted by atomic mass is 9.97. The maximum atomic E-state index is 10.8. The molecule has 0 saturated carbocycles. The molecule has 0 fully saturated rings. The Morgan fingerprint density at radius 3 is 2.37 bits per heavy atom. The van der Waals surface area contributed by atoms with Crippen molar-refractivity contribution < 1.29 is 14.6 Å². The zero-order valence-electron chi connectivity index (χ0n) is 11.9. The van der Waals surface area contributed by atoms with Gasteiger partial charge < -0.3 is 15.6 Å². The molecule has 1 rings (SSSR count). The number of carboxylic acids is 1. The third kappa shape index (κ3) is 5.30. The van der Waals surface area contributed by atoms with Crippen LogP contribution in [0.3, 0.4) is 0 Å². The summed E-state index contributed by atoms with van der Waals surface area (Å²) in [5.41, 5.74) is 6.87. The monoisotopic (exact) mass is 265 g/mol. The van der Waals surface area contributed by atoms with Crippen LogP contribution in [0.25, 0.3) is 0 Å². The van der Waals surface area contributed by atoms with Crippen LogP contribution >= 0.6 is 0 Å². The number of hydrogen-bond donors (Lipinski definition) is 2. The smallest absolute Gasteiger partial charge is 0.323 e. The number of benzene rings is 1. The van der Waals surface area contributed by atoms with Gasteiger partial charge in [0.25, 0.3) is 0 Å². The number of rotatable bonds is 7. The molecule has 1 aromatic carbocycles. The maximum absolute atomic E-state index is 10.8. The van der Waals surface area contributed by atoms with Gasteiger partial charge in [0.2, 0.25) is 0 Å². The second-order valence-corrected chi connectivity index (χ2v) is 5.35. The molecule has 4 heteroatoms. The van der Waals surface area contributed by atoms with Gasteiger partial charge in [0.15, 0.2) is 0 Å². The molecule has 0 heterocycles. The number of hydrogen-bond acceptors (Lipinski definition) is 3. The van der Waals surface area contributed by atoms with Crippen molar-refractivity contribution in [3.63, 3.8) is 0 Å². The summed E-state index contributed by atoms with van der Waals surface area (Å²) < 4.78 is 5.65. The molecule has 0 radical (unpaired) electrons. The topological polar surface area (TPSA) is 72.5 Å². The molecule has 3 N–H and O–H groups in total. The van der Waals surface area contributed by atoms with Gasteiger partial charge in [-0.25, -0.2) is 0 Å². The Kier molecular flexibility index (Phi) is 5.36. The second kappa shape index (κ2) is 6.57. The second-order valence-electron chi connectivity index (χ2n) is 5.35. The van der Waals surface area contributed by atoms with Gasteiger partial charge in [-0.2, -0.15) is 0 Å². The van der Waals surface area contributed by atoms with E-state index in [-0.39, 0.29) is 0 Å². The average Bonchev–Trinajstić information content (AvgIpc) is 2.26. The van der Waals surface area contributed by atoms with Crippen molar-refractivity contribution in [1.82, 2.24) is 0 Å². The van der Waals surface area contributed by atoms with E-state index in [0.29, 0.717) is 13.0 Å². The standard InChI is InChI=1S/C15H23NO3/c1-11-8-12(2)10-13(9-11)19-7-5-4-6-15(3,16)14(17)18/h8-10H,4-7,16H2,1-3H3,(H,17,18). The zero-order chi connectivity index (χ0) is 14.5. The first-order valence-corrected chi connectivity index (χ1v) is 6.54. The molecule has 0 bridgehead atoms. The van der Waals surface area contributed by atoms with Gasteiger partial charge in [0, 0.05) is 0 Å². The third-order valence-electron chi connectivity index (χ3n) is 3.04. The van der Waals surface area contributed by atoms with Crippen LogP contribution in [0.5, 0.6) is 5.75 Å². The largest absolute Gasteiger partial charge is 0.494 e. The van der Waals surface area contributed by atoms with Crippen molar-refractivity contribution >= 4 is 5.97 Å². The highest BCUT2D eigenvalue weighted by molar-refractivity contribution is 5.77. The number of ether oxygens (including phenoxy) is 1. The van der Waals surface area contributed by atoms with Gasteiger partial charge in [-0.3, -0.25) is 4.79 Å². The van der Waals surface area contributed by atoms with Crippen LogP contribution in [-0.2, 0) is 4.79 Å². The molecule has 0 aliphatic carbocycles. The summed E-state index contributed by atoms with van der Waals surface area (Å²) in [5.74, 6) is -0.0889. The van der Waals surface area contributed by atoms with Crippen molar-refractivity contribution in [3.05, 3.63) is 29.3 Å². The molecule has 1 atom stereocenters. The van der Waals surface area contributed by atoms with E-state index < -0.39 is 11.5 Å². The molecule has 0 spiro atoms. The molecule has 0 aliphatic rings. The van der Waals surface area contributed by atoms with Crippen molar-refractivity contribution in [3.8, 4) is 5.75 Å². The van der Waals surface area contributed by atoms with Crippen molar-refractivity contribution in [2.75, 3.05) is 6.61 Å². The van der Waals surface area contributed by atoms with Crippen LogP contribution in [0.15, 0.2) is 18.2 Å². The summed E-state index contributed by atoms with van der Waals surface area (Å²) in [7, 11) is 0. The van der Waals surface area contributed by atoms with Crippen molar-refractivity contribution in [2.45, 2.75) is 45.6 Å². The van der Waals surface area contributed by atoms with Crippen LogP contribution in [0.2, 0.25) is 0 Å². The normalized spacial score (nSPS) is 13.9. The SMILES string of the molecule is Cc1cc(C)cc(OCCCCC(C)(N)C(=O)O)c1. The van der Waals surface area contributed by atoms with E-state index in [4.69, 9.17) is 15.6 Å². The Bertz CT molecular complexity index is 421. The number of carbonyl (C=O) groups is 1. The van der Waals surface area contributed by atoms with E-state index in [1.165, 1.54) is 11.1 Å². The quantitative estimate of drug-likeness (QED) is 0.743. The highest BCUT2D eigenvalue weighted by Gasteiger charge is 2.26. The maximum Gasteiger partial charge on any atom is 0.323 e. The van der Waals surface area contributed by atoms with E-state index in [1.807, 2.05) is 26.0 Å². The van der Waals surface area contributed by atoms with E-state index in [2.05, 4.69) is 6.07 Å². The lowest BCUT2D eigenvalue weighted by Gasteiger charge is -2.18. The van der Waals surface area contributed by atoms with Crippen LogP contribution < -0.4 is 10.5 Å². The fraction of sp³-hybridized carbons (Fsp3) is 0.533. The Balaban J connectivity index is 2.30.